The van der Waals surface area contributed by atoms with E-state index in [1.165, 1.54) is 24.3 Å². The van der Waals surface area contributed by atoms with Crippen molar-refractivity contribution in [2.45, 2.75) is 25.5 Å². The maximum Gasteiger partial charge on any atom is 0.269 e. The lowest BCUT2D eigenvalue weighted by molar-refractivity contribution is -0.384. The topological polar surface area (TPSA) is 75.9 Å². The Morgan fingerprint density at radius 1 is 1.14 bits per heavy atom. The molecule has 1 fully saturated rings. The van der Waals surface area contributed by atoms with E-state index in [2.05, 4.69) is 0 Å². The number of non-ortho nitro benzene ring substituents is 1. The molecule has 2 aromatic rings. The Balaban J connectivity index is 1.78. The fourth-order valence-corrected chi connectivity index (χ4v) is 3.28. The first kappa shape index (κ1) is 19.8. The molecule has 0 saturated carbocycles. The molecule has 148 valence electrons. The van der Waals surface area contributed by atoms with E-state index in [0.717, 1.165) is 30.7 Å². The van der Waals surface area contributed by atoms with Gasteiger partial charge in [-0.05, 0) is 42.7 Å². The predicted molar refractivity (Wildman–Crippen MR) is 108 cm³/mol. The second-order valence-corrected chi connectivity index (χ2v) is 7.19. The van der Waals surface area contributed by atoms with Gasteiger partial charge in [0.15, 0.2) is 0 Å². The van der Waals surface area contributed by atoms with E-state index < -0.39 is 4.92 Å². The molecular weight excluding hydrogens is 358 g/mol. The van der Waals surface area contributed by atoms with Gasteiger partial charge in [0.05, 0.1) is 11.0 Å². The summed E-state index contributed by atoms with van der Waals surface area (Å²) in [5, 5.41) is 10.9. The van der Waals surface area contributed by atoms with Gasteiger partial charge >= 0.3 is 0 Å². The number of nitrogens with zero attached hydrogens (tertiary/aromatic N) is 3. The molecule has 0 N–H and O–H groups in total. The van der Waals surface area contributed by atoms with Crippen LogP contribution in [0.25, 0.3) is 0 Å². The van der Waals surface area contributed by atoms with Gasteiger partial charge in [-0.2, -0.15) is 0 Å². The number of nitro groups is 1. The maximum absolute atomic E-state index is 13.1. The number of hydrogen-bond donors (Lipinski definition) is 0. The molecule has 1 amide bonds. The molecule has 1 unspecified atom stereocenters. The summed E-state index contributed by atoms with van der Waals surface area (Å²) in [6.45, 7) is 1.69. The highest BCUT2D eigenvalue weighted by Gasteiger charge is 2.24. The Morgan fingerprint density at radius 2 is 1.82 bits per heavy atom. The van der Waals surface area contributed by atoms with Crippen molar-refractivity contribution < 1.29 is 14.5 Å². The van der Waals surface area contributed by atoms with Crippen molar-refractivity contribution in [3.8, 4) is 0 Å². The molecule has 1 aliphatic heterocycles. The molecule has 7 nitrogen and oxygen atoms in total. The fourth-order valence-electron chi connectivity index (χ4n) is 3.28. The minimum Gasteiger partial charge on any atom is -0.378 e. The number of hydrogen-bond acceptors (Lipinski definition) is 5. The van der Waals surface area contributed by atoms with Gasteiger partial charge < -0.3 is 14.5 Å². The van der Waals surface area contributed by atoms with Crippen molar-refractivity contribution in [3.05, 3.63) is 69.8 Å². The summed E-state index contributed by atoms with van der Waals surface area (Å²) in [4.78, 5) is 27.3. The van der Waals surface area contributed by atoms with Crippen LogP contribution in [0.3, 0.4) is 0 Å². The molecule has 3 rings (SSSR count). The minimum absolute atomic E-state index is 0.0264. The first-order valence-corrected chi connectivity index (χ1v) is 9.35. The molecule has 0 radical (unpaired) electrons. The van der Waals surface area contributed by atoms with E-state index >= 15 is 0 Å². The van der Waals surface area contributed by atoms with Gasteiger partial charge in [0.2, 0.25) is 0 Å². The van der Waals surface area contributed by atoms with E-state index in [9.17, 15) is 14.9 Å². The van der Waals surface area contributed by atoms with E-state index in [0.29, 0.717) is 18.7 Å². The van der Waals surface area contributed by atoms with E-state index in [1.54, 1.807) is 4.90 Å². The Hall–Kier alpha value is -2.93. The first-order valence-electron chi connectivity index (χ1n) is 9.35. The van der Waals surface area contributed by atoms with E-state index in [4.69, 9.17) is 4.74 Å². The average molecular weight is 383 g/mol. The van der Waals surface area contributed by atoms with Gasteiger partial charge in [-0.3, -0.25) is 14.9 Å². The third-order valence-corrected chi connectivity index (χ3v) is 4.89. The van der Waals surface area contributed by atoms with Gasteiger partial charge in [0.25, 0.3) is 11.6 Å². The number of rotatable bonds is 7. The van der Waals surface area contributed by atoms with Crippen molar-refractivity contribution >= 4 is 17.3 Å². The van der Waals surface area contributed by atoms with Gasteiger partial charge in [0.1, 0.15) is 0 Å². The number of carbonyl (C=O) groups excluding carboxylic acids is 1. The lowest BCUT2D eigenvalue weighted by Gasteiger charge is -2.26. The van der Waals surface area contributed by atoms with Crippen molar-refractivity contribution in [2.75, 3.05) is 32.1 Å². The molecule has 1 saturated heterocycles. The molecule has 0 bridgehead atoms. The van der Waals surface area contributed by atoms with E-state index in [1.807, 2.05) is 43.3 Å². The lowest BCUT2D eigenvalue weighted by Crippen LogP contribution is -2.37. The lowest BCUT2D eigenvalue weighted by atomic mass is 10.1. The zero-order chi connectivity index (χ0) is 20.1. The summed E-state index contributed by atoms with van der Waals surface area (Å²) in [7, 11) is 3.97. The monoisotopic (exact) mass is 383 g/mol. The second kappa shape index (κ2) is 8.84. The van der Waals surface area contributed by atoms with Gasteiger partial charge in [0, 0.05) is 57.2 Å². The Bertz CT molecular complexity index is 813. The zero-order valence-electron chi connectivity index (χ0n) is 16.2. The second-order valence-electron chi connectivity index (χ2n) is 7.19. The van der Waals surface area contributed by atoms with Crippen LogP contribution in [-0.4, -0.2) is 49.1 Å². The Kier molecular flexibility index (Phi) is 6.26. The number of anilines is 1. The van der Waals surface area contributed by atoms with Crippen LogP contribution in [0.1, 0.15) is 28.8 Å². The van der Waals surface area contributed by atoms with Crippen LogP contribution in [0.5, 0.6) is 0 Å². The van der Waals surface area contributed by atoms with Crippen LogP contribution in [0.2, 0.25) is 0 Å². The number of nitro benzene ring substituents is 1. The van der Waals surface area contributed by atoms with Crippen molar-refractivity contribution in [2.24, 2.45) is 0 Å². The van der Waals surface area contributed by atoms with E-state index in [-0.39, 0.29) is 17.7 Å². The quantitative estimate of drug-likeness (QED) is 0.540. The van der Waals surface area contributed by atoms with Crippen LogP contribution in [0.4, 0.5) is 11.4 Å². The summed E-state index contributed by atoms with van der Waals surface area (Å²) >= 11 is 0. The first-order chi connectivity index (χ1) is 13.4. The van der Waals surface area contributed by atoms with Crippen LogP contribution in [0.15, 0.2) is 48.5 Å². The molecule has 7 heteroatoms. The largest absolute Gasteiger partial charge is 0.378 e. The van der Waals surface area contributed by atoms with Crippen LogP contribution in [0, 0.1) is 10.1 Å². The zero-order valence-corrected chi connectivity index (χ0v) is 16.2. The average Bonchev–Trinajstić information content (AvgIpc) is 3.20. The van der Waals surface area contributed by atoms with Crippen LogP contribution < -0.4 is 4.90 Å². The van der Waals surface area contributed by atoms with Gasteiger partial charge in [-0.25, -0.2) is 0 Å². The smallest absolute Gasteiger partial charge is 0.269 e. The number of ether oxygens (including phenoxy) is 1. The third kappa shape index (κ3) is 4.86. The molecule has 0 aliphatic carbocycles. The van der Waals surface area contributed by atoms with Crippen molar-refractivity contribution in [1.29, 1.82) is 0 Å². The van der Waals surface area contributed by atoms with Gasteiger partial charge in [-0.1, -0.05) is 12.1 Å². The number of amides is 1. The van der Waals surface area contributed by atoms with Crippen molar-refractivity contribution in [1.82, 2.24) is 4.90 Å². The summed E-state index contributed by atoms with van der Waals surface area (Å²) in [5.41, 5.74) is 2.53. The minimum atomic E-state index is -0.468. The summed E-state index contributed by atoms with van der Waals surface area (Å²) in [5.74, 6) is -0.151. The standard InChI is InChI=1S/C21H25N3O4/c1-22(2)18-9-5-16(6-10-18)14-23(15-20-4-3-13-28-20)21(25)17-7-11-19(12-8-17)24(26)27/h5-12,20H,3-4,13-15H2,1-2H3. The Labute approximate surface area is 164 Å². The molecule has 0 spiro atoms. The molecule has 1 heterocycles. The van der Waals surface area contributed by atoms with Crippen molar-refractivity contribution in [3.63, 3.8) is 0 Å². The number of carbonyl (C=O) groups is 1. The molecule has 1 aliphatic rings. The van der Waals surface area contributed by atoms with Crippen LogP contribution >= 0.6 is 0 Å². The predicted octanol–water partition coefficient (Wildman–Crippen LogP) is 3.48. The Morgan fingerprint density at radius 3 is 2.36 bits per heavy atom. The molecular formula is C21H25N3O4. The SMILES string of the molecule is CN(C)c1ccc(CN(CC2CCCO2)C(=O)c2ccc([N+](=O)[O-])cc2)cc1. The molecule has 28 heavy (non-hydrogen) atoms. The van der Waals surface area contributed by atoms with Gasteiger partial charge in [-0.15, -0.1) is 0 Å². The summed E-state index contributed by atoms with van der Waals surface area (Å²) in [6, 6.07) is 13.8. The number of benzene rings is 2. The highest BCUT2D eigenvalue weighted by atomic mass is 16.6. The summed E-state index contributed by atoms with van der Waals surface area (Å²) in [6.07, 6.45) is 1.97. The van der Waals surface area contributed by atoms with Crippen LogP contribution in [-0.2, 0) is 11.3 Å². The fraction of sp³-hybridized carbons (Fsp3) is 0.381. The highest BCUT2D eigenvalue weighted by Crippen LogP contribution is 2.20. The molecule has 1 atom stereocenters. The normalized spacial score (nSPS) is 16.0. The molecule has 0 aromatic heterocycles. The highest BCUT2D eigenvalue weighted by molar-refractivity contribution is 5.94. The maximum atomic E-state index is 13.1. The molecule has 2 aromatic carbocycles. The third-order valence-electron chi connectivity index (χ3n) is 4.89. The summed E-state index contributed by atoms with van der Waals surface area (Å²) < 4.78 is 5.72.